The van der Waals surface area contributed by atoms with Gasteiger partial charge in [0.25, 0.3) is 11.8 Å². The van der Waals surface area contributed by atoms with Gasteiger partial charge in [-0.1, -0.05) is 36.7 Å². The molecule has 134 valence electrons. The SMILES string of the molecule is CC1(C)[C@@H]2CC[C@@]1(C)/C(=N/NC(=O)CNC(=O)c1ccc(Br)cc1)C2. The lowest BCUT2D eigenvalue weighted by Crippen LogP contribution is -2.37. The average Bonchev–Trinajstić information content (AvgIpc) is 2.91. The van der Waals surface area contributed by atoms with Gasteiger partial charge in [0, 0.05) is 21.2 Å². The molecule has 2 saturated carbocycles. The van der Waals surface area contributed by atoms with Gasteiger partial charge in [0.1, 0.15) is 0 Å². The number of amides is 2. The molecule has 25 heavy (non-hydrogen) atoms. The van der Waals surface area contributed by atoms with Gasteiger partial charge in [-0.15, -0.1) is 0 Å². The van der Waals surface area contributed by atoms with Crippen molar-refractivity contribution in [3.63, 3.8) is 0 Å². The Morgan fingerprint density at radius 2 is 1.92 bits per heavy atom. The largest absolute Gasteiger partial charge is 0.343 e. The lowest BCUT2D eigenvalue weighted by Gasteiger charge is -2.34. The number of nitrogens with zero attached hydrogens (tertiary/aromatic N) is 1. The highest BCUT2D eigenvalue weighted by molar-refractivity contribution is 9.10. The Labute approximate surface area is 156 Å². The molecular weight excluding hydrogens is 382 g/mol. The van der Waals surface area contributed by atoms with Gasteiger partial charge in [0.2, 0.25) is 0 Å². The number of hydrazone groups is 1. The van der Waals surface area contributed by atoms with E-state index in [4.69, 9.17) is 0 Å². The van der Waals surface area contributed by atoms with Gasteiger partial charge in [-0.2, -0.15) is 5.10 Å². The number of carbonyl (C=O) groups excluding carboxylic acids is 2. The minimum Gasteiger partial charge on any atom is -0.343 e. The maximum Gasteiger partial charge on any atom is 0.259 e. The molecule has 6 heteroatoms. The normalized spacial score (nSPS) is 28.2. The van der Waals surface area contributed by atoms with Gasteiger partial charge >= 0.3 is 0 Å². The van der Waals surface area contributed by atoms with Crippen LogP contribution in [0.1, 0.15) is 50.4 Å². The van der Waals surface area contributed by atoms with Crippen LogP contribution in [0.3, 0.4) is 0 Å². The van der Waals surface area contributed by atoms with Crippen molar-refractivity contribution in [2.75, 3.05) is 6.54 Å². The Bertz CT molecular complexity index is 727. The summed E-state index contributed by atoms with van der Waals surface area (Å²) in [5.41, 5.74) is 4.51. The first-order valence-corrected chi connectivity index (χ1v) is 9.43. The van der Waals surface area contributed by atoms with Crippen LogP contribution in [0.15, 0.2) is 33.8 Å². The Morgan fingerprint density at radius 3 is 2.48 bits per heavy atom. The van der Waals surface area contributed by atoms with E-state index in [1.807, 2.05) is 0 Å². The molecule has 2 bridgehead atoms. The number of carbonyl (C=O) groups is 2. The van der Waals surface area contributed by atoms with E-state index in [9.17, 15) is 9.59 Å². The molecule has 2 amide bonds. The molecular formula is C19H24BrN3O2. The van der Waals surface area contributed by atoms with Crippen LogP contribution in [0.5, 0.6) is 0 Å². The van der Waals surface area contributed by atoms with Crippen molar-refractivity contribution < 1.29 is 9.59 Å². The number of nitrogens with one attached hydrogen (secondary N) is 2. The van der Waals surface area contributed by atoms with Crippen molar-refractivity contribution in [1.29, 1.82) is 0 Å². The Kier molecular flexibility index (Phi) is 4.75. The van der Waals surface area contributed by atoms with E-state index in [0.717, 1.165) is 23.0 Å². The van der Waals surface area contributed by atoms with E-state index in [0.29, 0.717) is 11.5 Å². The maximum absolute atomic E-state index is 12.0. The Morgan fingerprint density at radius 1 is 1.24 bits per heavy atom. The molecule has 0 saturated heterocycles. The average molecular weight is 406 g/mol. The van der Waals surface area contributed by atoms with Crippen molar-refractivity contribution in [2.24, 2.45) is 21.8 Å². The first-order valence-electron chi connectivity index (χ1n) is 8.64. The minimum absolute atomic E-state index is 0.0611. The molecule has 2 fully saturated rings. The fourth-order valence-electron chi connectivity index (χ4n) is 4.13. The monoisotopic (exact) mass is 405 g/mol. The van der Waals surface area contributed by atoms with Gasteiger partial charge in [-0.05, 0) is 54.9 Å². The van der Waals surface area contributed by atoms with Crippen LogP contribution in [0.4, 0.5) is 0 Å². The van der Waals surface area contributed by atoms with E-state index in [1.54, 1.807) is 24.3 Å². The minimum atomic E-state index is -0.304. The van der Waals surface area contributed by atoms with E-state index < -0.39 is 0 Å². The third-order valence-electron chi connectivity index (χ3n) is 6.34. The number of rotatable bonds is 4. The quantitative estimate of drug-likeness (QED) is 0.752. The summed E-state index contributed by atoms with van der Waals surface area (Å²) in [6.07, 6.45) is 3.31. The zero-order valence-electron chi connectivity index (χ0n) is 14.9. The highest BCUT2D eigenvalue weighted by Gasteiger charge is 2.59. The molecule has 2 atom stereocenters. The van der Waals surface area contributed by atoms with E-state index >= 15 is 0 Å². The third kappa shape index (κ3) is 3.24. The smallest absolute Gasteiger partial charge is 0.259 e. The molecule has 0 heterocycles. The summed E-state index contributed by atoms with van der Waals surface area (Å²) >= 11 is 3.32. The van der Waals surface area contributed by atoms with Gasteiger partial charge in [-0.3, -0.25) is 9.59 Å². The molecule has 1 aromatic rings. The van der Waals surface area contributed by atoms with E-state index in [-0.39, 0.29) is 29.2 Å². The van der Waals surface area contributed by atoms with Crippen molar-refractivity contribution >= 4 is 33.5 Å². The second kappa shape index (κ2) is 6.56. The molecule has 2 aliphatic rings. The molecule has 2 N–H and O–H groups in total. The van der Waals surface area contributed by atoms with Crippen LogP contribution < -0.4 is 10.7 Å². The summed E-state index contributed by atoms with van der Waals surface area (Å²) in [5.74, 6) is 0.0655. The van der Waals surface area contributed by atoms with E-state index in [2.05, 4.69) is 52.5 Å². The highest BCUT2D eigenvalue weighted by Crippen LogP contribution is 2.63. The first-order chi connectivity index (χ1) is 11.7. The molecule has 1 aromatic carbocycles. The van der Waals surface area contributed by atoms with Gasteiger partial charge in [0.05, 0.1) is 6.54 Å². The van der Waals surface area contributed by atoms with Crippen LogP contribution in [0.2, 0.25) is 0 Å². The summed E-state index contributed by atoms with van der Waals surface area (Å²) in [5, 5.41) is 7.01. The number of halogens is 1. The number of fused-ring (bicyclic) bond motifs is 2. The number of benzene rings is 1. The van der Waals surface area contributed by atoms with Crippen LogP contribution in [-0.2, 0) is 4.79 Å². The maximum atomic E-state index is 12.0. The van der Waals surface area contributed by atoms with Crippen LogP contribution in [0, 0.1) is 16.7 Å². The molecule has 0 radical (unpaired) electrons. The molecule has 3 rings (SSSR count). The number of hydrogen-bond donors (Lipinski definition) is 2. The Hall–Kier alpha value is -1.69. The van der Waals surface area contributed by atoms with Crippen LogP contribution in [-0.4, -0.2) is 24.1 Å². The molecule has 5 nitrogen and oxygen atoms in total. The summed E-state index contributed by atoms with van der Waals surface area (Å²) in [6.45, 7) is 6.76. The summed E-state index contributed by atoms with van der Waals surface area (Å²) in [6, 6.07) is 6.99. The van der Waals surface area contributed by atoms with Crippen LogP contribution in [0.25, 0.3) is 0 Å². The predicted molar refractivity (Wildman–Crippen MR) is 101 cm³/mol. The molecule has 0 spiro atoms. The first kappa shape index (κ1) is 18.1. The second-order valence-electron chi connectivity index (χ2n) is 7.78. The van der Waals surface area contributed by atoms with Crippen molar-refractivity contribution in [2.45, 2.75) is 40.0 Å². The Balaban J connectivity index is 1.54. The zero-order valence-corrected chi connectivity index (χ0v) is 16.4. The predicted octanol–water partition coefficient (Wildman–Crippen LogP) is 3.50. The van der Waals surface area contributed by atoms with Crippen molar-refractivity contribution in [3.8, 4) is 0 Å². The van der Waals surface area contributed by atoms with E-state index in [1.165, 1.54) is 6.42 Å². The lowest BCUT2D eigenvalue weighted by atomic mass is 9.70. The van der Waals surface area contributed by atoms with Crippen molar-refractivity contribution in [3.05, 3.63) is 34.3 Å². The molecule has 0 unspecified atom stereocenters. The standard InChI is InChI=1S/C19H24BrN3O2/c1-18(2)13-8-9-19(18,3)15(10-13)22-23-16(24)11-21-17(25)12-4-6-14(20)7-5-12/h4-7,13H,8-11H2,1-3H3,(H,21,25)(H,23,24)/b22-15+/t13-,19+/m1/s1. The lowest BCUT2D eigenvalue weighted by molar-refractivity contribution is -0.120. The van der Waals surface area contributed by atoms with Gasteiger partial charge in [0.15, 0.2) is 0 Å². The molecule has 2 aliphatic carbocycles. The van der Waals surface area contributed by atoms with Crippen LogP contribution >= 0.6 is 15.9 Å². The van der Waals surface area contributed by atoms with Crippen molar-refractivity contribution in [1.82, 2.24) is 10.7 Å². The van der Waals surface area contributed by atoms with Gasteiger partial charge in [-0.25, -0.2) is 5.43 Å². The van der Waals surface area contributed by atoms with Gasteiger partial charge < -0.3 is 5.32 Å². The zero-order chi connectivity index (χ0) is 18.2. The fourth-order valence-corrected chi connectivity index (χ4v) is 4.40. The summed E-state index contributed by atoms with van der Waals surface area (Å²) in [7, 11) is 0. The molecule has 0 aromatic heterocycles. The highest BCUT2D eigenvalue weighted by atomic mass is 79.9. The number of hydrogen-bond acceptors (Lipinski definition) is 3. The fraction of sp³-hybridized carbons (Fsp3) is 0.526. The summed E-state index contributed by atoms with van der Waals surface area (Å²) < 4.78 is 0.903. The summed E-state index contributed by atoms with van der Waals surface area (Å²) in [4.78, 5) is 24.0. The second-order valence-corrected chi connectivity index (χ2v) is 8.69. The molecule has 0 aliphatic heterocycles. The third-order valence-corrected chi connectivity index (χ3v) is 6.87. The topological polar surface area (TPSA) is 70.6 Å².